The van der Waals surface area contributed by atoms with Crippen molar-refractivity contribution in [2.45, 2.75) is 70.8 Å². The highest BCUT2D eigenvalue weighted by Crippen LogP contribution is 2.19. The second-order valence-corrected chi connectivity index (χ2v) is 6.42. The van der Waals surface area contributed by atoms with Gasteiger partial charge < -0.3 is 5.32 Å². The lowest BCUT2D eigenvalue weighted by atomic mass is 9.96. The third kappa shape index (κ3) is 3.78. The minimum atomic E-state index is -0.154. The summed E-state index contributed by atoms with van der Waals surface area (Å²) in [7, 11) is 0. The van der Waals surface area contributed by atoms with Gasteiger partial charge in [-0.3, -0.25) is 9.89 Å². The summed E-state index contributed by atoms with van der Waals surface area (Å²) >= 11 is 0. The average Bonchev–Trinajstić information content (AvgIpc) is 2.70. The minimum absolute atomic E-state index is 0.117. The highest BCUT2D eigenvalue weighted by atomic mass is 16.2. The topological polar surface area (TPSA) is 70.7 Å². The van der Waals surface area contributed by atoms with Gasteiger partial charge in [-0.1, -0.05) is 46.5 Å². The molecule has 0 aliphatic heterocycles. The molecule has 0 bridgehead atoms. The molecule has 5 nitrogen and oxygen atoms in total. The molecule has 0 unspecified atom stereocenters. The highest BCUT2D eigenvalue weighted by Gasteiger charge is 2.23. The van der Waals surface area contributed by atoms with Crippen molar-refractivity contribution in [3.63, 3.8) is 0 Å². The van der Waals surface area contributed by atoms with Crippen molar-refractivity contribution < 1.29 is 4.79 Å². The summed E-state index contributed by atoms with van der Waals surface area (Å²) in [5.41, 5.74) is -0.117. The molecular weight excluding hydrogens is 240 g/mol. The van der Waals surface area contributed by atoms with Crippen LogP contribution in [-0.4, -0.2) is 27.1 Å². The van der Waals surface area contributed by atoms with Gasteiger partial charge in [-0.25, -0.2) is 4.98 Å². The van der Waals surface area contributed by atoms with Gasteiger partial charge in [0.25, 0.3) is 5.91 Å². The SMILES string of the molecule is CC(C)(C)c1nc(C(=O)NC2CCCCCC2)n[nH]1. The number of nitrogens with one attached hydrogen (secondary N) is 2. The maximum atomic E-state index is 12.1. The Morgan fingerprint density at radius 3 is 2.37 bits per heavy atom. The van der Waals surface area contributed by atoms with E-state index in [9.17, 15) is 4.79 Å². The monoisotopic (exact) mass is 264 g/mol. The second kappa shape index (κ2) is 5.72. The summed E-state index contributed by atoms with van der Waals surface area (Å²) in [6.45, 7) is 6.13. The van der Waals surface area contributed by atoms with E-state index in [4.69, 9.17) is 0 Å². The van der Waals surface area contributed by atoms with Crippen LogP contribution >= 0.6 is 0 Å². The Labute approximate surface area is 114 Å². The molecule has 5 heteroatoms. The average molecular weight is 264 g/mol. The number of hydrogen-bond donors (Lipinski definition) is 2. The third-order valence-electron chi connectivity index (χ3n) is 3.59. The van der Waals surface area contributed by atoms with E-state index in [1.54, 1.807) is 0 Å². The molecule has 1 aliphatic carbocycles. The van der Waals surface area contributed by atoms with Crippen LogP contribution in [0.15, 0.2) is 0 Å². The second-order valence-electron chi connectivity index (χ2n) is 6.42. The molecule has 106 valence electrons. The molecule has 1 amide bonds. The van der Waals surface area contributed by atoms with Gasteiger partial charge in [0.1, 0.15) is 5.82 Å². The molecule has 1 aromatic rings. The summed E-state index contributed by atoms with van der Waals surface area (Å²) in [6.07, 6.45) is 7.10. The van der Waals surface area contributed by atoms with Crippen LogP contribution in [0.5, 0.6) is 0 Å². The van der Waals surface area contributed by atoms with Gasteiger partial charge >= 0.3 is 0 Å². The number of aromatic amines is 1. The van der Waals surface area contributed by atoms with Crippen LogP contribution in [0.3, 0.4) is 0 Å². The summed E-state index contributed by atoms with van der Waals surface area (Å²) < 4.78 is 0. The number of hydrogen-bond acceptors (Lipinski definition) is 3. The number of H-pyrrole nitrogens is 1. The lowest BCUT2D eigenvalue weighted by molar-refractivity contribution is 0.0923. The summed E-state index contributed by atoms with van der Waals surface area (Å²) in [5.74, 6) is 0.853. The molecule has 1 fully saturated rings. The summed E-state index contributed by atoms with van der Waals surface area (Å²) in [5, 5.41) is 9.93. The van der Waals surface area contributed by atoms with Crippen molar-refractivity contribution in [1.82, 2.24) is 20.5 Å². The van der Waals surface area contributed by atoms with E-state index < -0.39 is 0 Å². The van der Waals surface area contributed by atoms with E-state index in [0.717, 1.165) is 18.7 Å². The molecule has 1 aliphatic rings. The fourth-order valence-corrected chi connectivity index (χ4v) is 2.37. The van der Waals surface area contributed by atoms with Gasteiger partial charge in [0.05, 0.1) is 0 Å². The Balaban J connectivity index is 1.97. The predicted octanol–water partition coefficient (Wildman–Crippen LogP) is 2.55. The van der Waals surface area contributed by atoms with Crippen molar-refractivity contribution in [2.75, 3.05) is 0 Å². The maximum absolute atomic E-state index is 12.1. The summed E-state index contributed by atoms with van der Waals surface area (Å²) in [4.78, 5) is 16.4. The fourth-order valence-electron chi connectivity index (χ4n) is 2.37. The Kier molecular flexibility index (Phi) is 4.22. The Hall–Kier alpha value is -1.39. The van der Waals surface area contributed by atoms with Gasteiger partial charge in [0.2, 0.25) is 5.82 Å². The van der Waals surface area contributed by atoms with Crippen LogP contribution in [0.4, 0.5) is 0 Å². The van der Waals surface area contributed by atoms with Gasteiger partial charge in [-0.2, -0.15) is 0 Å². The number of amides is 1. The first-order valence-electron chi connectivity index (χ1n) is 7.20. The highest BCUT2D eigenvalue weighted by molar-refractivity contribution is 5.90. The van der Waals surface area contributed by atoms with E-state index in [-0.39, 0.29) is 23.2 Å². The molecule has 0 spiro atoms. The number of aromatic nitrogens is 3. The summed E-state index contributed by atoms with van der Waals surface area (Å²) in [6, 6.07) is 0.284. The van der Waals surface area contributed by atoms with Crippen molar-refractivity contribution in [3.05, 3.63) is 11.6 Å². The molecule has 2 N–H and O–H groups in total. The Morgan fingerprint density at radius 1 is 1.21 bits per heavy atom. The molecule has 1 aromatic heterocycles. The molecule has 0 atom stereocenters. The van der Waals surface area contributed by atoms with E-state index in [1.165, 1.54) is 25.7 Å². The molecule has 2 rings (SSSR count). The molecular formula is C14H24N4O. The van der Waals surface area contributed by atoms with Crippen molar-refractivity contribution in [2.24, 2.45) is 0 Å². The Bertz CT molecular complexity index is 425. The largest absolute Gasteiger partial charge is 0.347 e. The zero-order valence-corrected chi connectivity index (χ0v) is 12.1. The number of rotatable bonds is 2. The van der Waals surface area contributed by atoms with Crippen molar-refractivity contribution in [1.29, 1.82) is 0 Å². The molecule has 0 aromatic carbocycles. The van der Waals surface area contributed by atoms with E-state index in [2.05, 4.69) is 20.5 Å². The molecule has 0 saturated heterocycles. The van der Waals surface area contributed by atoms with Crippen LogP contribution in [0.2, 0.25) is 0 Å². The van der Waals surface area contributed by atoms with Crippen LogP contribution in [-0.2, 0) is 5.41 Å². The zero-order chi connectivity index (χ0) is 13.9. The quantitative estimate of drug-likeness (QED) is 0.806. The maximum Gasteiger partial charge on any atom is 0.291 e. The molecule has 1 saturated carbocycles. The third-order valence-corrected chi connectivity index (χ3v) is 3.59. The lowest BCUT2D eigenvalue weighted by Gasteiger charge is -2.15. The van der Waals surface area contributed by atoms with Gasteiger partial charge in [-0.15, -0.1) is 5.10 Å². The van der Waals surface area contributed by atoms with Gasteiger partial charge in [0, 0.05) is 11.5 Å². The van der Waals surface area contributed by atoms with E-state index >= 15 is 0 Å². The number of nitrogens with zero attached hydrogens (tertiary/aromatic N) is 2. The van der Waals surface area contributed by atoms with Gasteiger partial charge in [0.15, 0.2) is 0 Å². The number of carbonyl (C=O) groups is 1. The zero-order valence-electron chi connectivity index (χ0n) is 12.1. The molecule has 19 heavy (non-hydrogen) atoms. The van der Waals surface area contributed by atoms with Crippen molar-refractivity contribution >= 4 is 5.91 Å². The first-order valence-corrected chi connectivity index (χ1v) is 7.20. The molecule has 1 heterocycles. The Morgan fingerprint density at radius 2 is 1.84 bits per heavy atom. The van der Waals surface area contributed by atoms with Crippen LogP contribution in [0.25, 0.3) is 0 Å². The first-order chi connectivity index (χ1) is 8.97. The minimum Gasteiger partial charge on any atom is -0.347 e. The normalized spacial score (nSPS) is 18.1. The van der Waals surface area contributed by atoms with Crippen LogP contribution in [0.1, 0.15) is 75.7 Å². The van der Waals surface area contributed by atoms with Gasteiger partial charge in [-0.05, 0) is 12.8 Å². The predicted molar refractivity (Wildman–Crippen MR) is 74.0 cm³/mol. The van der Waals surface area contributed by atoms with Crippen LogP contribution in [0, 0.1) is 0 Å². The number of carbonyl (C=O) groups excluding carboxylic acids is 1. The van der Waals surface area contributed by atoms with E-state index in [1.807, 2.05) is 20.8 Å². The fraction of sp³-hybridized carbons (Fsp3) is 0.786. The van der Waals surface area contributed by atoms with E-state index in [0.29, 0.717) is 0 Å². The lowest BCUT2D eigenvalue weighted by Crippen LogP contribution is -2.35. The van der Waals surface area contributed by atoms with Crippen LogP contribution < -0.4 is 5.32 Å². The smallest absolute Gasteiger partial charge is 0.291 e. The first kappa shape index (κ1) is 14.0. The molecule has 0 radical (unpaired) electrons. The van der Waals surface area contributed by atoms with Crippen molar-refractivity contribution in [3.8, 4) is 0 Å². The standard InChI is InChI=1S/C14H24N4O/c1-14(2,3)13-16-11(17-18-13)12(19)15-10-8-6-4-5-7-9-10/h10H,4-9H2,1-3H3,(H,15,19)(H,16,17,18).